The molecule has 5 nitrogen and oxygen atoms in total. The predicted octanol–water partition coefficient (Wildman–Crippen LogP) is 1.42. The number of tetrazole rings is 1. The first-order valence-corrected chi connectivity index (χ1v) is 7.21. The molecule has 94 valence electrons. The third-order valence-corrected chi connectivity index (χ3v) is 4.04. The zero-order chi connectivity index (χ0) is 12.2. The van der Waals surface area contributed by atoms with Gasteiger partial charge in [0.05, 0.1) is 0 Å². The first-order valence-electron chi connectivity index (χ1n) is 6.05. The summed E-state index contributed by atoms with van der Waals surface area (Å²) in [6, 6.07) is 8.28. The fourth-order valence-electron chi connectivity index (χ4n) is 2.15. The number of benzene rings is 1. The number of thioether (sulfide) groups is 1. The first kappa shape index (κ1) is 11.7. The van der Waals surface area contributed by atoms with Crippen LogP contribution in [0, 0.1) is 0 Å². The van der Waals surface area contributed by atoms with Crippen molar-refractivity contribution in [2.24, 2.45) is 0 Å². The molecule has 0 saturated carbocycles. The van der Waals surface area contributed by atoms with E-state index >= 15 is 0 Å². The maximum atomic E-state index is 4.07. The van der Waals surface area contributed by atoms with Gasteiger partial charge in [0.1, 0.15) is 0 Å². The molecule has 2 aromatic rings. The van der Waals surface area contributed by atoms with Crippen LogP contribution in [0.2, 0.25) is 0 Å². The molecule has 0 unspecified atom stereocenters. The smallest absolute Gasteiger partial charge is 0.204 e. The first-order chi connectivity index (χ1) is 8.93. The molecule has 1 saturated heterocycles. The SMILES string of the molecule is c1ccc(-c2nn[nH]n2)c(CN2CCSCC2)c1. The highest BCUT2D eigenvalue weighted by molar-refractivity contribution is 7.99. The van der Waals surface area contributed by atoms with E-state index in [0.29, 0.717) is 5.82 Å². The normalized spacial score (nSPS) is 16.9. The van der Waals surface area contributed by atoms with E-state index < -0.39 is 0 Å². The lowest BCUT2D eigenvalue weighted by Gasteiger charge is -2.26. The summed E-state index contributed by atoms with van der Waals surface area (Å²) in [5.74, 6) is 3.13. The van der Waals surface area contributed by atoms with E-state index in [1.54, 1.807) is 0 Å². The average Bonchev–Trinajstić information content (AvgIpc) is 2.94. The Bertz CT molecular complexity index is 493. The number of H-pyrrole nitrogens is 1. The van der Waals surface area contributed by atoms with Crippen molar-refractivity contribution in [3.63, 3.8) is 0 Å². The summed E-state index contributed by atoms with van der Waals surface area (Å²) in [6.07, 6.45) is 0. The number of rotatable bonds is 3. The van der Waals surface area contributed by atoms with Gasteiger partial charge in [0.15, 0.2) is 0 Å². The summed E-state index contributed by atoms with van der Waals surface area (Å²) in [4.78, 5) is 2.48. The molecule has 1 aromatic heterocycles. The van der Waals surface area contributed by atoms with Crippen LogP contribution in [0.1, 0.15) is 5.56 Å². The molecule has 0 radical (unpaired) electrons. The summed E-state index contributed by atoms with van der Waals surface area (Å²) in [5, 5.41) is 14.3. The van der Waals surface area contributed by atoms with Gasteiger partial charge < -0.3 is 0 Å². The van der Waals surface area contributed by atoms with Gasteiger partial charge >= 0.3 is 0 Å². The zero-order valence-electron chi connectivity index (χ0n) is 10.0. The number of aromatic amines is 1. The van der Waals surface area contributed by atoms with Crippen LogP contribution >= 0.6 is 11.8 Å². The fourth-order valence-corrected chi connectivity index (χ4v) is 3.13. The van der Waals surface area contributed by atoms with Gasteiger partial charge in [0.25, 0.3) is 0 Å². The van der Waals surface area contributed by atoms with Crippen molar-refractivity contribution in [1.82, 2.24) is 25.5 Å². The highest BCUT2D eigenvalue weighted by Gasteiger charge is 2.14. The highest BCUT2D eigenvalue weighted by atomic mass is 32.2. The van der Waals surface area contributed by atoms with Gasteiger partial charge in [-0.15, -0.1) is 10.2 Å². The summed E-state index contributed by atoms with van der Waals surface area (Å²) in [7, 11) is 0. The Balaban J connectivity index is 1.83. The second-order valence-corrected chi connectivity index (χ2v) is 5.51. The molecule has 1 aliphatic rings. The van der Waals surface area contributed by atoms with Crippen LogP contribution in [0.5, 0.6) is 0 Å². The van der Waals surface area contributed by atoms with Crippen molar-refractivity contribution in [3.05, 3.63) is 29.8 Å². The van der Waals surface area contributed by atoms with Crippen LogP contribution in [0.25, 0.3) is 11.4 Å². The van der Waals surface area contributed by atoms with E-state index in [1.165, 1.54) is 17.1 Å². The predicted molar refractivity (Wildman–Crippen MR) is 72.2 cm³/mol. The summed E-state index contributed by atoms with van der Waals surface area (Å²) in [5.41, 5.74) is 2.34. The highest BCUT2D eigenvalue weighted by Crippen LogP contribution is 2.21. The van der Waals surface area contributed by atoms with Crippen molar-refractivity contribution in [2.45, 2.75) is 6.54 Å². The molecule has 0 spiro atoms. The molecule has 3 rings (SSSR count). The van der Waals surface area contributed by atoms with Gasteiger partial charge in [-0.25, -0.2) is 0 Å². The van der Waals surface area contributed by atoms with Crippen LogP contribution < -0.4 is 0 Å². The second-order valence-electron chi connectivity index (χ2n) is 4.28. The lowest BCUT2D eigenvalue weighted by atomic mass is 10.1. The van der Waals surface area contributed by atoms with Crippen molar-refractivity contribution < 1.29 is 0 Å². The minimum absolute atomic E-state index is 0.678. The lowest BCUT2D eigenvalue weighted by molar-refractivity contribution is 0.295. The maximum absolute atomic E-state index is 4.07. The van der Waals surface area contributed by atoms with Gasteiger partial charge in [-0.05, 0) is 10.8 Å². The Morgan fingerprint density at radius 1 is 1.22 bits per heavy atom. The van der Waals surface area contributed by atoms with Crippen molar-refractivity contribution in [3.8, 4) is 11.4 Å². The van der Waals surface area contributed by atoms with E-state index in [9.17, 15) is 0 Å². The van der Waals surface area contributed by atoms with Crippen LogP contribution in [0.4, 0.5) is 0 Å². The Morgan fingerprint density at radius 3 is 2.83 bits per heavy atom. The van der Waals surface area contributed by atoms with Crippen molar-refractivity contribution in [2.75, 3.05) is 24.6 Å². The van der Waals surface area contributed by atoms with Gasteiger partial charge in [0.2, 0.25) is 5.82 Å². The largest absolute Gasteiger partial charge is 0.297 e. The van der Waals surface area contributed by atoms with Gasteiger partial charge in [-0.3, -0.25) is 4.90 Å². The zero-order valence-corrected chi connectivity index (χ0v) is 10.9. The van der Waals surface area contributed by atoms with Crippen molar-refractivity contribution in [1.29, 1.82) is 0 Å². The van der Waals surface area contributed by atoms with E-state index in [2.05, 4.69) is 43.7 Å². The quantitative estimate of drug-likeness (QED) is 0.905. The molecule has 1 aromatic carbocycles. The van der Waals surface area contributed by atoms with Crippen LogP contribution in [-0.2, 0) is 6.54 Å². The molecular weight excluding hydrogens is 246 g/mol. The number of nitrogens with zero attached hydrogens (tertiary/aromatic N) is 4. The minimum atomic E-state index is 0.678. The number of nitrogens with one attached hydrogen (secondary N) is 1. The molecule has 2 heterocycles. The van der Waals surface area contributed by atoms with E-state index in [0.717, 1.165) is 25.2 Å². The van der Waals surface area contributed by atoms with Crippen molar-refractivity contribution >= 4 is 11.8 Å². The molecule has 6 heteroatoms. The lowest BCUT2D eigenvalue weighted by Crippen LogP contribution is -2.32. The van der Waals surface area contributed by atoms with Crippen LogP contribution in [0.15, 0.2) is 24.3 Å². The molecular formula is C12H15N5S. The fraction of sp³-hybridized carbons (Fsp3) is 0.417. The van der Waals surface area contributed by atoms with E-state index in [4.69, 9.17) is 0 Å². The molecule has 18 heavy (non-hydrogen) atoms. The van der Waals surface area contributed by atoms with Gasteiger partial charge in [0, 0.05) is 36.7 Å². The molecule has 0 amide bonds. The van der Waals surface area contributed by atoms with E-state index in [1.807, 2.05) is 17.8 Å². The maximum Gasteiger partial charge on any atom is 0.204 e. The Morgan fingerprint density at radius 2 is 2.06 bits per heavy atom. The Hall–Kier alpha value is -1.40. The number of aromatic nitrogens is 4. The minimum Gasteiger partial charge on any atom is -0.297 e. The van der Waals surface area contributed by atoms with Gasteiger partial charge in [-0.1, -0.05) is 24.3 Å². The molecule has 0 aliphatic carbocycles. The third-order valence-electron chi connectivity index (χ3n) is 3.10. The Kier molecular flexibility index (Phi) is 3.56. The molecule has 0 atom stereocenters. The summed E-state index contributed by atoms with van der Waals surface area (Å²) in [6.45, 7) is 3.28. The molecule has 1 fully saturated rings. The Labute approximate surface area is 110 Å². The standard InChI is InChI=1S/C12H15N5S/c1-2-4-11(12-13-15-16-14-12)10(3-1)9-17-5-7-18-8-6-17/h1-4H,5-9H2,(H,13,14,15,16). The monoisotopic (exact) mass is 261 g/mol. The molecule has 1 N–H and O–H groups in total. The molecule has 0 bridgehead atoms. The second kappa shape index (κ2) is 5.49. The summed E-state index contributed by atoms with van der Waals surface area (Å²) < 4.78 is 0. The van der Waals surface area contributed by atoms with Gasteiger partial charge in [-0.2, -0.15) is 17.0 Å². The number of hydrogen-bond acceptors (Lipinski definition) is 5. The molecule has 1 aliphatic heterocycles. The topological polar surface area (TPSA) is 57.7 Å². The third kappa shape index (κ3) is 2.54. The number of hydrogen-bond donors (Lipinski definition) is 1. The average molecular weight is 261 g/mol. The van der Waals surface area contributed by atoms with Crippen LogP contribution in [0.3, 0.4) is 0 Å². The summed E-state index contributed by atoms with van der Waals surface area (Å²) >= 11 is 2.03. The van der Waals surface area contributed by atoms with E-state index in [-0.39, 0.29) is 0 Å². The van der Waals surface area contributed by atoms with Crippen LogP contribution in [-0.4, -0.2) is 50.1 Å².